The van der Waals surface area contributed by atoms with Crippen LogP contribution in [-0.2, 0) is 6.54 Å². The van der Waals surface area contributed by atoms with Gasteiger partial charge in [0.1, 0.15) is 0 Å². The lowest BCUT2D eigenvalue weighted by Crippen LogP contribution is -2.06. The van der Waals surface area contributed by atoms with E-state index in [0.29, 0.717) is 15.1 Å². The molecular weight excluding hydrogens is 305 g/mol. The van der Waals surface area contributed by atoms with Crippen LogP contribution >= 0.6 is 34.8 Å². The number of aromatic nitrogens is 2. The van der Waals surface area contributed by atoms with Crippen LogP contribution in [0.1, 0.15) is 25.5 Å². The van der Waals surface area contributed by atoms with Gasteiger partial charge in [-0.25, -0.2) is 0 Å². The molecule has 1 atom stereocenters. The predicted molar refractivity (Wildman–Crippen MR) is 81.4 cm³/mol. The van der Waals surface area contributed by atoms with E-state index in [0.717, 1.165) is 17.8 Å². The molecule has 1 heterocycles. The zero-order valence-electron chi connectivity index (χ0n) is 10.6. The van der Waals surface area contributed by atoms with Crippen molar-refractivity contribution in [3.63, 3.8) is 0 Å². The van der Waals surface area contributed by atoms with Gasteiger partial charge in [-0.2, -0.15) is 5.10 Å². The van der Waals surface area contributed by atoms with E-state index in [1.54, 1.807) is 12.1 Å². The van der Waals surface area contributed by atoms with Gasteiger partial charge >= 0.3 is 0 Å². The summed E-state index contributed by atoms with van der Waals surface area (Å²) < 4.78 is 1.88. The molecule has 3 nitrogen and oxygen atoms in total. The van der Waals surface area contributed by atoms with Crippen LogP contribution in [0, 0.1) is 0 Å². The molecule has 0 saturated heterocycles. The van der Waals surface area contributed by atoms with Crippen molar-refractivity contribution < 1.29 is 0 Å². The third-order valence-corrected chi connectivity index (χ3v) is 3.89. The number of nitrogens with zero attached hydrogens (tertiary/aromatic N) is 2. The summed E-state index contributed by atoms with van der Waals surface area (Å²) in [5.41, 5.74) is 1.84. The SMILES string of the molecule is CCn1cc(C(C)Nc2cc(Cl)c(Cl)cc2Cl)cn1. The van der Waals surface area contributed by atoms with Crippen LogP contribution in [-0.4, -0.2) is 9.78 Å². The largest absolute Gasteiger partial charge is 0.377 e. The minimum absolute atomic E-state index is 0.0787. The van der Waals surface area contributed by atoms with Crippen molar-refractivity contribution in [1.82, 2.24) is 9.78 Å². The van der Waals surface area contributed by atoms with E-state index in [4.69, 9.17) is 34.8 Å². The summed E-state index contributed by atoms with van der Waals surface area (Å²) in [6, 6.07) is 3.44. The van der Waals surface area contributed by atoms with Gasteiger partial charge < -0.3 is 5.32 Å². The number of hydrogen-bond donors (Lipinski definition) is 1. The topological polar surface area (TPSA) is 29.9 Å². The molecule has 0 saturated carbocycles. The average molecular weight is 319 g/mol. The molecule has 0 aliphatic rings. The van der Waals surface area contributed by atoms with E-state index in [-0.39, 0.29) is 6.04 Å². The molecule has 0 amide bonds. The quantitative estimate of drug-likeness (QED) is 0.801. The van der Waals surface area contributed by atoms with Crippen LogP contribution in [0.3, 0.4) is 0 Å². The summed E-state index contributed by atoms with van der Waals surface area (Å²) in [5, 5.41) is 9.02. The van der Waals surface area contributed by atoms with Gasteiger partial charge in [0.15, 0.2) is 0 Å². The molecule has 1 aromatic heterocycles. The number of aryl methyl sites for hydroxylation is 1. The Morgan fingerprint density at radius 3 is 2.53 bits per heavy atom. The predicted octanol–water partition coefficient (Wildman–Crippen LogP) is 5.04. The van der Waals surface area contributed by atoms with Gasteiger partial charge in [0.25, 0.3) is 0 Å². The molecule has 102 valence electrons. The van der Waals surface area contributed by atoms with Crippen LogP contribution < -0.4 is 5.32 Å². The molecule has 2 aromatic rings. The van der Waals surface area contributed by atoms with E-state index < -0.39 is 0 Å². The van der Waals surface area contributed by atoms with Crippen molar-refractivity contribution in [3.8, 4) is 0 Å². The van der Waals surface area contributed by atoms with Gasteiger partial charge in [0, 0.05) is 18.3 Å². The van der Waals surface area contributed by atoms with Gasteiger partial charge in [-0.3, -0.25) is 4.68 Å². The summed E-state index contributed by atoms with van der Waals surface area (Å²) in [4.78, 5) is 0. The molecule has 0 radical (unpaired) electrons. The van der Waals surface area contributed by atoms with Crippen molar-refractivity contribution >= 4 is 40.5 Å². The molecular formula is C13H14Cl3N3. The van der Waals surface area contributed by atoms with Crippen molar-refractivity contribution in [2.45, 2.75) is 26.4 Å². The first-order valence-electron chi connectivity index (χ1n) is 5.94. The fourth-order valence-corrected chi connectivity index (χ4v) is 2.33. The Morgan fingerprint density at radius 1 is 1.21 bits per heavy atom. The van der Waals surface area contributed by atoms with E-state index >= 15 is 0 Å². The fraction of sp³-hybridized carbons (Fsp3) is 0.308. The molecule has 1 aromatic carbocycles. The van der Waals surface area contributed by atoms with Gasteiger partial charge in [-0.1, -0.05) is 34.8 Å². The maximum absolute atomic E-state index is 6.14. The van der Waals surface area contributed by atoms with Gasteiger partial charge in [0.2, 0.25) is 0 Å². The van der Waals surface area contributed by atoms with Gasteiger partial charge in [-0.05, 0) is 26.0 Å². The summed E-state index contributed by atoms with van der Waals surface area (Å²) in [6.07, 6.45) is 3.84. The summed E-state index contributed by atoms with van der Waals surface area (Å²) >= 11 is 18.0. The van der Waals surface area contributed by atoms with Crippen molar-refractivity contribution in [1.29, 1.82) is 0 Å². The monoisotopic (exact) mass is 317 g/mol. The number of hydrogen-bond acceptors (Lipinski definition) is 2. The maximum atomic E-state index is 6.14. The first kappa shape index (κ1) is 14.5. The Kier molecular flexibility index (Phi) is 4.61. The van der Waals surface area contributed by atoms with Crippen molar-refractivity contribution in [3.05, 3.63) is 45.2 Å². The lowest BCUT2D eigenvalue weighted by molar-refractivity contribution is 0.658. The second kappa shape index (κ2) is 6.04. The Hall–Kier alpha value is -0.900. The second-order valence-corrected chi connectivity index (χ2v) is 5.46. The summed E-state index contributed by atoms with van der Waals surface area (Å²) in [6.45, 7) is 4.93. The summed E-state index contributed by atoms with van der Waals surface area (Å²) in [7, 11) is 0. The Labute approximate surface area is 127 Å². The van der Waals surface area contributed by atoms with Crippen LogP contribution in [0.25, 0.3) is 0 Å². The zero-order valence-corrected chi connectivity index (χ0v) is 12.9. The highest BCUT2D eigenvalue weighted by atomic mass is 35.5. The smallest absolute Gasteiger partial charge is 0.0653 e. The average Bonchev–Trinajstić information content (AvgIpc) is 2.84. The maximum Gasteiger partial charge on any atom is 0.0653 e. The number of benzene rings is 1. The Bertz CT molecular complexity index is 581. The van der Waals surface area contributed by atoms with E-state index in [2.05, 4.69) is 10.4 Å². The normalized spacial score (nSPS) is 12.5. The minimum atomic E-state index is 0.0787. The molecule has 0 aliphatic carbocycles. The molecule has 0 aliphatic heterocycles. The first-order chi connectivity index (χ1) is 9.01. The van der Waals surface area contributed by atoms with Crippen LogP contribution in [0.5, 0.6) is 0 Å². The van der Waals surface area contributed by atoms with Crippen LogP contribution in [0.4, 0.5) is 5.69 Å². The highest BCUT2D eigenvalue weighted by Crippen LogP contribution is 2.34. The first-order valence-corrected chi connectivity index (χ1v) is 7.08. The number of rotatable bonds is 4. The Morgan fingerprint density at radius 2 is 1.89 bits per heavy atom. The highest BCUT2D eigenvalue weighted by molar-refractivity contribution is 6.44. The third-order valence-electron chi connectivity index (χ3n) is 2.86. The zero-order chi connectivity index (χ0) is 14.0. The van der Waals surface area contributed by atoms with E-state index in [1.165, 1.54) is 0 Å². The number of halogens is 3. The van der Waals surface area contributed by atoms with Crippen molar-refractivity contribution in [2.75, 3.05) is 5.32 Å². The highest BCUT2D eigenvalue weighted by Gasteiger charge is 2.11. The third kappa shape index (κ3) is 3.35. The molecule has 2 rings (SSSR count). The molecule has 19 heavy (non-hydrogen) atoms. The van der Waals surface area contributed by atoms with Gasteiger partial charge in [-0.15, -0.1) is 0 Å². The number of anilines is 1. The van der Waals surface area contributed by atoms with Crippen molar-refractivity contribution in [2.24, 2.45) is 0 Å². The van der Waals surface area contributed by atoms with Crippen LogP contribution in [0.15, 0.2) is 24.5 Å². The fourth-order valence-electron chi connectivity index (χ4n) is 1.73. The molecule has 0 spiro atoms. The molecule has 6 heteroatoms. The number of nitrogens with one attached hydrogen (secondary N) is 1. The molecule has 1 N–H and O–H groups in total. The van der Waals surface area contributed by atoms with E-state index in [9.17, 15) is 0 Å². The lowest BCUT2D eigenvalue weighted by Gasteiger charge is -2.15. The lowest BCUT2D eigenvalue weighted by atomic mass is 10.2. The standard InChI is InChI=1S/C13H14Cl3N3/c1-3-19-7-9(6-17-19)8(2)18-13-5-11(15)10(14)4-12(13)16/h4-8,18H,3H2,1-2H3. The molecule has 0 bridgehead atoms. The van der Waals surface area contributed by atoms with Gasteiger partial charge in [0.05, 0.1) is 33.0 Å². The van der Waals surface area contributed by atoms with E-state index in [1.807, 2.05) is 30.9 Å². The second-order valence-electron chi connectivity index (χ2n) is 4.24. The minimum Gasteiger partial charge on any atom is -0.377 e. The molecule has 1 unspecified atom stereocenters. The molecule has 0 fully saturated rings. The van der Waals surface area contributed by atoms with Crippen LogP contribution in [0.2, 0.25) is 15.1 Å². The summed E-state index contributed by atoms with van der Waals surface area (Å²) in [5.74, 6) is 0. The Balaban J connectivity index is 2.18.